The normalized spacial score (nSPS) is 15.8. The number of hydrogen-bond donors (Lipinski definition) is 1. The number of carbonyl (C=O) groups excluding carboxylic acids is 1. The van der Waals surface area contributed by atoms with Crippen molar-refractivity contribution in [2.24, 2.45) is 0 Å². The molecule has 0 atom stereocenters. The van der Waals surface area contributed by atoms with Crippen molar-refractivity contribution in [3.63, 3.8) is 0 Å². The molecule has 0 spiro atoms. The third kappa shape index (κ3) is 5.40. The Balaban J connectivity index is 1.41. The topological polar surface area (TPSA) is 53.4 Å². The number of aryl methyl sites for hydroxylation is 3. The smallest absolute Gasteiger partial charge is 0.238 e. The minimum atomic E-state index is 0.0724. The Morgan fingerprint density at radius 2 is 1.85 bits per heavy atom. The number of amides is 1. The molecule has 1 N–H and O–H groups in total. The Kier molecular flexibility index (Phi) is 6.63. The Morgan fingerprint density at radius 3 is 2.59 bits per heavy atom. The second kappa shape index (κ2) is 9.15. The lowest BCUT2D eigenvalue weighted by Gasteiger charge is -2.34. The molecule has 0 radical (unpaired) electrons. The largest absolute Gasteiger partial charge is 0.334 e. The van der Waals surface area contributed by atoms with Gasteiger partial charge < -0.3 is 9.88 Å². The van der Waals surface area contributed by atoms with Gasteiger partial charge in [-0.1, -0.05) is 19.1 Å². The molecule has 1 aromatic carbocycles. The molecule has 1 aliphatic rings. The second-order valence-electron chi connectivity index (χ2n) is 7.37. The lowest BCUT2D eigenvalue weighted by molar-refractivity contribution is -0.117. The van der Waals surface area contributed by atoms with Crippen LogP contribution in [0.15, 0.2) is 30.6 Å². The molecule has 0 saturated carbocycles. The highest BCUT2D eigenvalue weighted by Gasteiger charge is 2.19. The standard InChI is InChI=1S/C21H31N5O/c1-4-20-22-7-8-26(20)14-13-24-9-11-25(12-10-24)16-21(27)23-19-15-17(2)5-6-18(19)3/h5-8,15H,4,9-14,16H2,1-3H3,(H,23,27). The van der Waals surface area contributed by atoms with Crippen molar-refractivity contribution < 1.29 is 4.79 Å². The fourth-order valence-electron chi connectivity index (χ4n) is 3.54. The van der Waals surface area contributed by atoms with E-state index in [0.29, 0.717) is 6.54 Å². The van der Waals surface area contributed by atoms with Gasteiger partial charge in [-0.25, -0.2) is 4.98 Å². The first-order valence-electron chi connectivity index (χ1n) is 9.87. The van der Waals surface area contributed by atoms with E-state index in [1.54, 1.807) is 0 Å². The van der Waals surface area contributed by atoms with Crippen LogP contribution in [0.25, 0.3) is 0 Å². The molecule has 1 saturated heterocycles. The number of nitrogens with zero attached hydrogens (tertiary/aromatic N) is 4. The summed E-state index contributed by atoms with van der Waals surface area (Å²) in [6, 6.07) is 6.15. The molecule has 0 unspecified atom stereocenters. The third-order valence-electron chi connectivity index (χ3n) is 5.27. The maximum atomic E-state index is 12.4. The number of rotatable bonds is 7. The van der Waals surface area contributed by atoms with E-state index in [4.69, 9.17) is 0 Å². The van der Waals surface area contributed by atoms with Crippen molar-refractivity contribution in [3.05, 3.63) is 47.5 Å². The highest BCUT2D eigenvalue weighted by molar-refractivity contribution is 5.93. The van der Waals surface area contributed by atoms with Crippen LogP contribution in [0, 0.1) is 13.8 Å². The molecule has 2 aromatic rings. The summed E-state index contributed by atoms with van der Waals surface area (Å²) in [7, 11) is 0. The highest BCUT2D eigenvalue weighted by Crippen LogP contribution is 2.16. The monoisotopic (exact) mass is 369 g/mol. The van der Waals surface area contributed by atoms with Crippen LogP contribution in [0.3, 0.4) is 0 Å². The summed E-state index contributed by atoms with van der Waals surface area (Å²) in [5.41, 5.74) is 3.18. The molecular weight excluding hydrogens is 338 g/mol. The molecule has 2 heterocycles. The molecule has 6 nitrogen and oxygen atoms in total. The molecule has 3 rings (SSSR count). The minimum absolute atomic E-state index is 0.0724. The number of piperazine rings is 1. The van der Waals surface area contributed by atoms with E-state index in [1.165, 1.54) is 0 Å². The van der Waals surface area contributed by atoms with Crippen molar-refractivity contribution in [1.82, 2.24) is 19.4 Å². The van der Waals surface area contributed by atoms with Crippen LogP contribution in [-0.2, 0) is 17.8 Å². The number of carbonyl (C=O) groups is 1. The van der Waals surface area contributed by atoms with Gasteiger partial charge in [0.2, 0.25) is 5.91 Å². The Labute approximate surface area is 162 Å². The van der Waals surface area contributed by atoms with Gasteiger partial charge in [0, 0.05) is 63.8 Å². The quantitative estimate of drug-likeness (QED) is 0.814. The summed E-state index contributed by atoms with van der Waals surface area (Å²) in [5.74, 6) is 1.22. The fraction of sp³-hybridized carbons (Fsp3) is 0.524. The van der Waals surface area contributed by atoms with E-state index in [1.807, 2.05) is 32.2 Å². The van der Waals surface area contributed by atoms with E-state index < -0.39 is 0 Å². The molecular formula is C21H31N5O. The van der Waals surface area contributed by atoms with Crippen LogP contribution in [0.2, 0.25) is 0 Å². The summed E-state index contributed by atoms with van der Waals surface area (Å²) in [5, 5.41) is 3.06. The molecule has 1 fully saturated rings. The first-order chi connectivity index (χ1) is 13.0. The van der Waals surface area contributed by atoms with Crippen LogP contribution in [0.5, 0.6) is 0 Å². The zero-order valence-corrected chi connectivity index (χ0v) is 16.7. The van der Waals surface area contributed by atoms with Crippen molar-refractivity contribution in [2.45, 2.75) is 33.7 Å². The predicted octanol–water partition coefficient (Wildman–Crippen LogP) is 2.32. The zero-order valence-electron chi connectivity index (χ0n) is 16.7. The summed E-state index contributed by atoms with van der Waals surface area (Å²) in [6.45, 7) is 12.6. The van der Waals surface area contributed by atoms with Gasteiger partial charge in [0.15, 0.2) is 0 Å². The molecule has 27 heavy (non-hydrogen) atoms. The Bertz CT molecular complexity index is 762. The number of imidazole rings is 1. The third-order valence-corrected chi connectivity index (χ3v) is 5.27. The average Bonchev–Trinajstić information content (AvgIpc) is 3.12. The molecule has 0 aliphatic carbocycles. The van der Waals surface area contributed by atoms with Crippen LogP contribution >= 0.6 is 0 Å². The SMILES string of the molecule is CCc1nccn1CCN1CCN(CC(=O)Nc2cc(C)ccc2C)CC1. The predicted molar refractivity (Wildman–Crippen MR) is 109 cm³/mol. The van der Waals surface area contributed by atoms with Crippen LogP contribution in [-0.4, -0.2) is 64.5 Å². The van der Waals surface area contributed by atoms with E-state index in [2.05, 4.69) is 43.9 Å². The molecule has 1 amide bonds. The van der Waals surface area contributed by atoms with Gasteiger partial charge in [-0.3, -0.25) is 14.6 Å². The molecule has 1 aromatic heterocycles. The van der Waals surface area contributed by atoms with Gasteiger partial charge in [0.25, 0.3) is 0 Å². The van der Waals surface area contributed by atoms with Crippen molar-refractivity contribution in [1.29, 1.82) is 0 Å². The Hall–Kier alpha value is -2.18. The van der Waals surface area contributed by atoms with Crippen LogP contribution in [0.1, 0.15) is 23.9 Å². The molecule has 146 valence electrons. The number of hydrogen-bond acceptors (Lipinski definition) is 4. The summed E-state index contributed by atoms with van der Waals surface area (Å²) in [4.78, 5) is 21.5. The lowest BCUT2D eigenvalue weighted by atomic mass is 10.1. The zero-order chi connectivity index (χ0) is 19.2. The van der Waals surface area contributed by atoms with E-state index >= 15 is 0 Å². The van der Waals surface area contributed by atoms with E-state index in [-0.39, 0.29) is 5.91 Å². The number of anilines is 1. The maximum Gasteiger partial charge on any atom is 0.238 e. The van der Waals surface area contributed by atoms with Gasteiger partial charge in [-0.2, -0.15) is 0 Å². The number of nitrogens with one attached hydrogen (secondary N) is 1. The summed E-state index contributed by atoms with van der Waals surface area (Å²) in [6.07, 6.45) is 4.91. The highest BCUT2D eigenvalue weighted by atomic mass is 16.2. The molecule has 6 heteroatoms. The van der Waals surface area contributed by atoms with Crippen molar-refractivity contribution in [3.8, 4) is 0 Å². The lowest BCUT2D eigenvalue weighted by Crippen LogP contribution is -2.49. The van der Waals surface area contributed by atoms with Gasteiger partial charge >= 0.3 is 0 Å². The van der Waals surface area contributed by atoms with Crippen molar-refractivity contribution in [2.75, 3.05) is 44.6 Å². The molecule has 0 bridgehead atoms. The minimum Gasteiger partial charge on any atom is -0.334 e. The van der Waals surface area contributed by atoms with Crippen LogP contribution in [0.4, 0.5) is 5.69 Å². The van der Waals surface area contributed by atoms with E-state index in [9.17, 15) is 4.79 Å². The van der Waals surface area contributed by atoms with Gasteiger partial charge in [0.05, 0.1) is 6.54 Å². The first-order valence-corrected chi connectivity index (χ1v) is 9.87. The first kappa shape index (κ1) is 19.6. The second-order valence-corrected chi connectivity index (χ2v) is 7.37. The summed E-state index contributed by atoms with van der Waals surface area (Å²) >= 11 is 0. The van der Waals surface area contributed by atoms with Crippen molar-refractivity contribution >= 4 is 11.6 Å². The maximum absolute atomic E-state index is 12.4. The van der Waals surface area contributed by atoms with E-state index in [0.717, 1.165) is 68.3 Å². The van der Waals surface area contributed by atoms with Gasteiger partial charge in [0.1, 0.15) is 5.82 Å². The Morgan fingerprint density at radius 1 is 1.11 bits per heavy atom. The molecule has 1 aliphatic heterocycles. The van der Waals surface area contributed by atoms with Crippen LogP contribution < -0.4 is 5.32 Å². The average molecular weight is 370 g/mol. The fourth-order valence-corrected chi connectivity index (χ4v) is 3.54. The number of benzene rings is 1. The number of aromatic nitrogens is 2. The summed E-state index contributed by atoms with van der Waals surface area (Å²) < 4.78 is 2.24. The van der Waals surface area contributed by atoms with Gasteiger partial charge in [-0.05, 0) is 31.0 Å². The van der Waals surface area contributed by atoms with Gasteiger partial charge in [-0.15, -0.1) is 0 Å².